The Kier molecular flexibility index (Phi) is 12.5. The molecule has 0 spiro atoms. The lowest BCUT2D eigenvalue weighted by atomic mass is 9.68. The molecule has 0 saturated heterocycles. The first-order valence-electron chi connectivity index (χ1n) is 12.0. The lowest BCUT2D eigenvalue weighted by Crippen LogP contribution is -2.30. The van der Waals surface area contributed by atoms with Crippen molar-refractivity contribution in [2.45, 2.75) is 99.5 Å². The fraction of sp³-hybridized carbons (Fsp3) is 0.778. The van der Waals surface area contributed by atoms with E-state index < -0.39 is 0 Å². The molecule has 1 rings (SSSR count). The average Bonchev–Trinajstić information content (AvgIpc) is 2.66. The monoisotopic (exact) mass is 385 g/mol. The van der Waals surface area contributed by atoms with Gasteiger partial charge in [-0.3, -0.25) is 4.99 Å². The Hall–Kier alpha value is -1.07. The molecule has 0 amide bonds. The summed E-state index contributed by atoms with van der Waals surface area (Å²) in [5.41, 5.74) is 3.49. The molecule has 0 heterocycles. The first-order chi connectivity index (χ1) is 13.4. The Morgan fingerprint density at radius 1 is 1.11 bits per heavy atom. The highest BCUT2D eigenvalue weighted by atomic mass is 14.7. The summed E-state index contributed by atoms with van der Waals surface area (Å²) in [6.07, 6.45) is 20.1. The van der Waals surface area contributed by atoms with Crippen LogP contribution in [0.3, 0.4) is 0 Å². The van der Waals surface area contributed by atoms with Crippen molar-refractivity contribution in [1.82, 2.24) is 0 Å². The maximum atomic E-state index is 4.80. The van der Waals surface area contributed by atoms with Crippen LogP contribution in [0.5, 0.6) is 0 Å². The van der Waals surface area contributed by atoms with Crippen molar-refractivity contribution in [3.8, 4) is 0 Å². The summed E-state index contributed by atoms with van der Waals surface area (Å²) in [5.74, 6) is 4.04. The second-order valence-corrected chi connectivity index (χ2v) is 9.23. The lowest BCUT2D eigenvalue weighted by Gasteiger charge is -2.37. The van der Waals surface area contributed by atoms with E-state index in [1.165, 1.54) is 32.1 Å². The van der Waals surface area contributed by atoms with Crippen LogP contribution in [0.2, 0.25) is 0 Å². The summed E-state index contributed by atoms with van der Waals surface area (Å²) in [7, 11) is 0. The second kappa shape index (κ2) is 14.0. The lowest BCUT2D eigenvalue weighted by molar-refractivity contribution is 0.144. The average molecular weight is 386 g/mol. The van der Waals surface area contributed by atoms with E-state index in [-0.39, 0.29) is 0 Å². The van der Waals surface area contributed by atoms with Gasteiger partial charge in [0, 0.05) is 6.04 Å². The van der Waals surface area contributed by atoms with Crippen LogP contribution in [0.1, 0.15) is 93.4 Å². The van der Waals surface area contributed by atoms with E-state index >= 15 is 0 Å². The zero-order valence-electron chi connectivity index (χ0n) is 19.8. The maximum Gasteiger partial charge on any atom is 0.0467 e. The minimum atomic E-state index is 0.480. The number of rotatable bonds is 12. The van der Waals surface area contributed by atoms with Gasteiger partial charge in [-0.25, -0.2) is 0 Å². The molecule has 160 valence electrons. The molecule has 0 radical (unpaired) electrons. The standard InChI is InChI=1S/C27H47N/c1-8-11-16-23(6)28-20-19-22(5)24(7)26(9-2)27(10-3)25-17-12-14-21(4)15-13-18-25/h12,14-15,18,20-27H,8-11,16-17,19H2,1-7H3/b14-12?,28-20-. The zero-order chi connectivity index (χ0) is 20.9. The third kappa shape index (κ3) is 8.52. The van der Waals surface area contributed by atoms with Crippen LogP contribution >= 0.6 is 0 Å². The summed E-state index contributed by atoms with van der Waals surface area (Å²) in [5, 5.41) is 0. The normalized spacial score (nSPS) is 25.2. The molecule has 0 saturated carbocycles. The van der Waals surface area contributed by atoms with Crippen molar-refractivity contribution in [3.05, 3.63) is 30.0 Å². The number of allylic oxidation sites excluding steroid dienone is 3. The molecule has 7 atom stereocenters. The first-order valence-corrected chi connectivity index (χ1v) is 12.0. The maximum absolute atomic E-state index is 4.80. The van der Waals surface area contributed by atoms with Crippen molar-refractivity contribution < 1.29 is 0 Å². The highest BCUT2D eigenvalue weighted by Crippen LogP contribution is 2.39. The molecule has 7 unspecified atom stereocenters. The highest BCUT2D eigenvalue weighted by Gasteiger charge is 2.31. The van der Waals surface area contributed by atoms with E-state index in [0.717, 1.165) is 30.6 Å². The molecule has 0 aromatic heterocycles. The Labute approximate surface area is 176 Å². The molecule has 0 N–H and O–H groups in total. The van der Waals surface area contributed by atoms with E-state index in [2.05, 4.69) is 84.7 Å². The van der Waals surface area contributed by atoms with Crippen molar-refractivity contribution in [3.63, 3.8) is 0 Å². The van der Waals surface area contributed by atoms with Crippen molar-refractivity contribution in [1.29, 1.82) is 0 Å². The Morgan fingerprint density at radius 3 is 2.50 bits per heavy atom. The minimum Gasteiger partial charge on any atom is -0.294 e. The van der Waals surface area contributed by atoms with Crippen molar-refractivity contribution in [2.24, 2.45) is 40.5 Å². The molecular weight excluding hydrogens is 338 g/mol. The van der Waals surface area contributed by atoms with Crippen LogP contribution in [0, 0.1) is 35.5 Å². The second-order valence-electron chi connectivity index (χ2n) is 9.23. The van der Waals surface area contributed by atoms with Gasteiger partial charge in [-0.2, -0.15) is 0 Å². The van der Waals surface area contributed by atoms with Crippen molar-refractivity contribution >= 4 is 6.21 Å². The van der Waals surface area contributed by atoms with E-state index in [4.69, 9.17) is 4.99 Å². The van der Waals surface area contributed by atoms with E-state index in [9.17, 15) is 0 Å². The predicted molar refractivity (Wildman–Crippen MR) is 127 cm³/mol. The van der Waals surface area contributed by atoms with Gasteiger partial charge in [0.05, 0.1) is 0 Å². The molecule has 28 heavy (non-hydrogen) atoms. The Bertz CT molecular complexity index is 522. The number of aliphatic imine (C=N–C) groups is 1. The molecule has 1 aliphatic rings. The van der Waals surface area contributed by atoms with Gasteiger partial charge in [-0.05, 0) is 80.1 Å². The number of hydrogen-bond donors (Lipinski definition) is 0. The van der Waals surface area contributed by atoms with E-state index in [0.29, 0.717) is 23.8 Å². The summed E-state index contributed by atoms with van der Waals surface area (Å²) in [6.45, 7) is 16.4. The zero-order valence-corrected chi connectivity index (χ0v) is 19.8. The van der Waals surface area contributed by atoms with Gasteiger partial charge in [0.15, 0.2) is 0 Å². The smallest absolute Gasteiger partial charge is 0.0467 e. The largest absolute Gasteiger partial charge is 0.294 e. The first kappa shape index (κ1) is 25.0. The SMILES string of the molecule is CCCCC(C)/N=C\CC(C)C(C)C(CC)C(CC)C1C=C=CC(C)C=CC1. The number of hydrogen-bond acceptors (Lipinski definition) is 1. The fourth-order valence-corrected chi connectivity index (χ4v) is 4.81. The summed E-state index contributed by atoms with van der Waals surface area (Å²) >= 11 is 0. The molecule has 0 bridgehead atoms. The van der Waals surface area contributed by atoms with Crippen molar-refractivity contribution in [2.75, 3.05) is 0 Å². The minimum absolute atomic E-state index is 0.480. The van der Waals surface area contributed by atoms with Gasteiger partial charge in [-0.15, -0.1) is 5.73 Å². The molecule has 0 aromatic rings. The van der Waals surface area contributed by atoms with Gasteiger partial charge in [0.1, 0.15) is 0 Å². The topological polar surface area (TPSA) is 12.4 Å². The molecule has 0 fully saturated rings. The Morgan fingerprint density at radius 2 is 1.86 bits per heavy atom. The van der Waals surface area contributed by atoms with Gasteiger partial charge in [-0.1, -0.05) is 79.4 Å². The van der Waals surface area contributed by atoms with Crippen LogP contribution in [0.15, 0.2) is 35.0 Å². The molecule has 1 aliphatic carbocycles. The number of unbranched alkanes of at least 4 members (excludes halogenated alkanes) is 1. The summed E-state index contributed by atoms with van der Waals surface area (Å²) < 4.78 is 0. The predicted octanol–water partition coefficient (Wildman–Crippen LogP) is 8.27. The quantitative estimate of drug-likeness (QED) is 0.182. The van der Waals surface area contributed by atoms with E-state index in [1.54, 1.807) is 0 Å². The van der Waals surface area contributed by atoms with Crippen LogP contribution < -0.4 is 0 Å². The molecule has 0 aliphatic heterocycles. The summed E-state index contributed by atoms with van der Waals surface area (Å²) in [6, 6.07) is 0.480. The third-order valence-corrected chi connectivity index (χ3v) is 6.95. The highest BCUT2D eigenvalue weighted by molar-refractivity contribution is 5.57. The van der Waals surface area contributed by atoms with Crippen LogP contribution in [-0.2, 0) is 0 Å². The molecule has 1 nitrogen and oxygen atoms in total. The van der Waals surface area contributed by atoms with Crippen LogP contribution in [0.4, 0.5) is 0 Å². The van der Waals surface area contributed by atoms with Gasteiger partial charge in [0.25, 0.3) is 0 Å². The van der Waals surface area contributed by atoms with Crippen LogP contribution in [-0.4, -0.2) is 12.3 Å². The molecular formula is C27H47N. The molecule has 1 heteroatoms. The molecule has 0 aromatic carbocycles. The van der Waals surface area contributed by atoms with Gasteiger partial charge < -0.3 is 0 Å². The third-order valence-electron chi connectivity index (χ3n) is 6.95. The van der Waals surface area contributed by atoms with Gasteiger partial charge in [0.2, 0.25) is 0 Å². The fourth-order valence-electron chi connectivity index (χ4n) is 4.81. The van der Waals surface area contributed by atoms with E-state index in [1.807, 2.05) is 0 Å². The summed E-state index contributed by atoms with van der Waals surface area (Å²) in [4.78, 5) is 4.80. The van der Waals surface area contributed by atoms with Crippen LogP contribution in [0.25, 0.3) is 0 Å². The number of nitrogens with zero attached hydrogens (tertiary/aromatic N) is 1. The Balaban J connectivity index is 2.75. The van der Waals surface area contributed by atoms with Gasteiger partial charge >= 0.3 is 0 Å².